The average molecular weight is 362 g/mol. The molecule has 0 N–H and O–H groups in total. The second-order valence-corrected chi connectivity index (χ2v) is 8.31. The minimum Gasteiger partial charge on any atom is -0.425 e. The molecule has 1 aliphatic heterocycles. The van der Waals surface area contributed by atoms with Crippen LogP contribution in [-0.2, 0) is 6.42 Å². The zero-order valence-electron chi connectivity index (χ0n) is 15.0. The highest BCUT2D eigenvalue weighted by atomic mass is 35.5. The SMILES string of the molecule is CC(C)(C)Cc1nnc(C2CCCN(C(=O)c3ccc(Cl)cc3)C2)o1. The monoisotopic (exact) mass is 361 g/mol. The molecule has 0 aliphatic carbocycles. The van der Waals surface area contributed by atoms with Gasteiger partial charge >= 0.3 is 0 Å². The number of hydrogen-bond acceptors (Lipinski definition) is 4. The minimum absolute atomic E-state index is 0.0239. The Kier molecular flexibility index (Phi) is 5.13. The third kappa shape index (κ3) is 4.60. The number of piperidine rings is 1. The van der Waals surface area contributed by atoms with Crippen LogP contribution in [0.15, 0.2) is 28.7 Å². The first-order chi connectivity index (χ1) is 11.8. The van der Waals surface area contributed by atoms with Gasteiger partial charge < -0.3 is 9.32 Å². The van der Waals surface area contributed by atoms with E-state index in [1.54, 1.807) is 24.3 Å². The van der Waals surface area contributed by atoms with E-state index in [9.17, 15) is 4.79 Å². The lowest BCUT2D eigenvalue weighted by molar-refractivity contribution is 0.0697. The lowest BCUT2D eigenvalue weighted by atomic mass is 9.92. The highest BCUT2D eigenvalue weighted by Gasteiger charge is 2.29. The molecule has 1 aromatic heterocycles. The molecular weight excluding hydrogens is 338 g/mol. The fourth-order valence-corrected chi connectivity index (χ4v) is 3.22. The minimum atomic E-state index is 0.0239. The zero-order chi connectivity index (χ0) is 18.0. The smallest absolute Gasteiger partial charge is 0.253 e. The van der Waals surface area contributed by atoms with Crippen molar-refractivity contribution in [1.29, 1.82) is 0 Å². The summed E-state index contributed by atoms with van der Waals surface area (Å²) in [6.07, 6.45) is 2.64. The van der Waals surface area contributed by atoms with E-state index in [1.165, 1.54) is 0 Å². The summed E-state index contributed by atoms with van der Waals surface area (Å²) in [5, 5.41) is 9.04. The largest absolute Gasteiger partial charge is 0.425 e. The van der Waals surface area contributed by atoms with Gasteiger partial charge in [0.15, 0.2) is 0 Å². The van der Waals surface area contributed by atoms with Crippen LogP contribution in [-0.4, -0.2) is 34.1 Å². The van der Waals surface area contributed by atoms with Crippen LogP contribution in [0.5, 0.6) is 0 Å². The normalized spacial score (nSPS) is 18.4. The van der Waals surface area contributed by atoms with Gasteiger partial charge in [-0.15, -0.1) is 10.2 Å². The second kappa shape index (κ2) is 7.16. The van der Waals surface area contributed by atoms with E-state index in [1.807, 2.05) is 4.90 Å². The van der Waals surface area contributed by atoms with E-state index in [2.05, 4.69) is 31.0 Å². The standard InChI is InChI=1S/C19H24ClN3O2/c1-19(2,3)11-16-21-22-17(25-16)14-5-4-10-23(12-14)18(24)13-6-8-15(20)9-7-13/h6-9,14H,4-5,10-12H2,1-3H3. The van der Waals surface area contributed by atoms with Gasteiger partial charge in [0.25, 0.3) is 5.91 Å². The predicted octanol–water partition coefficient (Wildman–Crippen LogP) is 4.33. The van der Waals surface area contributed by atoms with Gasteiger partial charge in [-0.1, -0.05) is 32.4 Å². The van der Waals surface area contributed by atoms with E-state index in [-0.39, 0.29) is 17.2 Å². The number of rotatable bonds is 3. The number of halogens is 1. The first-order valence-corrected chi connectivity index (χ1v) is 9.07. The van der Waals surface area contributed by atoms with Crippen LogP contribution in [0.4, 0.5) is 0 Å². The van der Waals surface area contributed by atoms with Crippen LogP contribution in [0.3, 0.4) is 0 Å². The fraction of sp³-hybridized carbons (Fsp3) is 0.526. The number of carbonyl (C=O) groups excluding carboxylic acids is 1. The lowest BCUT2D eigenvalue weighted by Gasteiger charge is -2.31. The van der Waals surface area contributed by atoms with E-state index < -0.39 is 0 Å². The molecule has 134 valence electrons. The van der Waals surface area contributed by atoms with Crippen LogP contribution < -0.4 is 0 Å². The van der Waals surface area contributed by atoms with Gasteiger partial charge in [-0.05, 0) is 42.5 Å². The first kappa shape index (κ1) is 17.9. The van der Waals surface area contributed by atoms with Crippen molar-refractivity contribution in [2.75, 3.05) is 13.1 Å². The fourth-order valence-electron chi connectivity index (χ4n) is 3.09. The van der Waals surface area contributed by atoms with Gasteiger partial charge in [0.2, 0.25) is 11.8 Å². The Hall–Kier alpha value is -1.88. The van der Waals surface area contributed by atoms with Crippen molar-refractivity contribution in [2.45, 2.75) is 46.0 Å². The number of amides is 1. The molecule has 1 aromatic carbocycles. The van der Waals surface area contributed by atoms with E-state index in [0.717, 1.165) is 25.8 Å². The summed E-state index contributed by atoms with van der Waals surface area (Å²) in [5.74, 6) is 1.44. The molecule has 6 heteroatoms. The van der Waals surface area contributed by atoms with Crippen LogP contribution in [0, 0.1) is 5.41 Å². The molecule has 0 spiro atoms. The van der Waals surface area contributed by atoms with Crippen molar-refractivity contribution in [2.24, 2.45) is 5.41 Å². The molecule has 0 saturated carbocycles. The van der Waals surface area contributed by atoms with Gasteiger partial charge in [0.05, 0.1) is 5.92 Å². The molecule has 2 heterocycles. The van der Waals surface area contributed by atoms with Crippen molar-refractivity contribution >= 4 is 17.5 Å². The summed E-state index contributed by atoms with van der Waals surface area (Å²) in [7, 11) is 0. The molecule has 1 saturated heterocycles. The molecule has 25 heavy (non-hydrogen) atoms. The van der Waals surface area contributed by atoms with Crippen molar-refractivity contribution in [1.82, 2.24) is 15.1 Å². The van der Waals surface area contributed by atoms with Gasteiger partial charge in [-0.25, -0.2) is 0 Å². The van der Waals surface area contributed by atoms with Crippen LogP contribution in [0.25, 0.3) is 0 Å². The molecule has 1 atom stereocenters. The lowest BCUT2D eigenvalue weighted by Crippen LogP contribution is -2.39. The summed E-state index contributed by atoms with van der Waals surface area (Å²) in [6.45, 7) is 7.79. The predicted molar refractivity (Wildman–Crippen MR) is 96.8 cm³/mol. The van der Waals surface area contributed by atoms with Crippen molar-refractivity contribution in [3.63, 3.8) is 0 Å². The molecule has 2 aromatic rings. The zero-order valence-corrected chi connectivity index (χ0v) is 15.7. The number of aromatic nitrogens is 2. The number of nitrogens with zero attached hydrogens (tertiary/aromatic N) is 3. The molecule has 5 nitrogen and oxygen atoms in total. The van der Waals surface area contributed by atoms with E-state index in [0.29, 0.717) is 28.9 Å². The molecule has 1 amide bonds. The topological polar surface area (TPSA) is 59.2 Å². The van der Waals surface area contributed by atoms with Crippen molar-refractivity contribution in [3.05, 3.63) is 46.6 Å². The molecule has 1 aliphatic rings. The molecular formula is C19H24ClN3O2. The summed E-state index contributed by atoms with van der Waals surface area (Å²) in [5.41, 5.74) is 0.761. The Labute approximate surface area is 153 Å². The number of likely N-dealkylation sites (tertiary alicyclic amines) is 1. The van der Waals surface area contributed by atoms with Crippen LogP contribution >= 0.6 is 11.6 Å². The van der Waals surface area contributed by atoms with Crippen molar-refractivity contribution in [3.8, 4) is 0 Å². The third-order valence-electron chi connectivity index (χ3n) is 4.31. The first-order valence-electron chi connectivity index (χ1n) is 8.69. The second-order valence-electron chi connectivity index (χ2n) is 7.87. The Bertz CT molecular complexity index is 734. The number of carbonyl (C=O) groups is 1. The van der Waals surface area contributed by atoms with Crippen LogP contribution in [0.2, 0.25) is 5.02 Å². The van der Waals surface area contributed by atoms with E-state index >= 15 is 0 Å². The quantitative estimate of drug-likeness (QED) is 0.816. The molecule has 0 bridgehead atoms. The third-order valence-corrected chi connectivity index (χ3v) is 4.57. The maximum absolute atomic E-state index is 12.7. The molecule has 3 rings (SSSR count). The summed E-state index contributed by atoms with van der Waals surface area (Å²) in [4.78, 5) is 14.6. The average Bonchev–Trinajstić information content (AvgIpc) is 3.01. The molecule has 0 radical (unpaired) electrons. The van der Waals surface area contributed by atoms with E-state index in [4.69, 9.17) is 16.0 Å². The number of hydrogen-bond donors (Lipinski definition) is 0. The van der Waals surface area contributed by atoms with Gasteiger partial charge in [-0.3, -0.25) is 4.79 Å². The Morgan fingerprint density at radius 1 is 1.28 bits per heavy atom. The van der Waals surface area contributed by atoms with Gasteiger partial charge in [-0.2, -0.15) is 0 Å². The molecule has 1 unspecified atom stereocenters. The van der Waals surface area contributed by atoms with Gasteiger partial charge in [0.1, 0.15) is 0 Å². The Morgan fingerprint density at radius 2 is 2.00 bits per heavy atom. The highest BCUT2D eigenvalue weighted by molar-refractivity contribution is 6.30. The summed E-state index contributed by atoms with van der Waals surface area (Å²) >= 11 is 5.90. The maximum atomic E-state index is 12.7. The number of benzene rings is 1. The van der Waals surface area contributed by atoms with Gasteiger partial charge in [0, 0.05) is 30.1 Å². The maximum Gasteiger partial charge on any atom is 0.253 e. The van der Waals surface area contributed by atoms with Crippen LogP contribution in [0.1, 0.15) is 61.7 Å². The Balaban J connectivity index is 1.69. The Morgan fingerprint density at radius 3 is 2.68 bits per heavy atom. The van der Waals surface area contributed by atoms with Crippen molar-refractivity contribution < 1.29 is 9.21 Å². The summed E-state index contributed by atoms with van der Waals surface area (Å²) in [6, 6.07) is 7.02. The summed E-state index contributed by atoms with van der Waals surface area (Å²) < 4.78 is 5.87. The highest BCUT2D eigenvalue weighted by Crippen LogP contribution is 2.28. The molecule has 1 fully saturated rings.